The largest absolute Gasteiger partial charge is 0.744 e. The molecule has 0 radical (unpaired) electrons. The molecule has 2 N–H and O–H groups in total. The van der Waals surface area contributed by atoms with Gasteiger partial charge in [-0.1, -0.05) is 44.7 Å². The smallest absolute Gasteiger partial charge is 0.252 e. The van der Waals surface area contributed by atoms with Gasteiger partial charge in [-0.15, -0.1) is 0 Å². The summed E-state index contributed by atoms with van der Waals surface area (Å²) in [6, 6.07) is 6.67. The minimum absolute atomic E-state index is 0.111. The predicted molar refractivity (Wildman–Crippen MR) is 96.9 cm³/mol. The molecular weight excluding hydrogens is 344 g/mol. The number of amides is 1. The van der Waals surface area contributed by atoms with E-state index < -0.39 is 29.0 Å². The van der Waals surface area contributed by atoms with E-state index in [1.54, 1.807) is 0 Å². The van der Waals surface area contributed by atoms with Gasteiger partial charge in [0.25, 0.3) is 5.91 Å². The molecule has 24 heavy (non-hydrogen) atoms. The lowest BCUT2D eigenvalue weighted by atomic mass is 10.2. The fraction of sp³-hybridized carbons (Fsp3) is 0.562. The number of carbonyl (C=O) groups excluding carboxylic acids is 1. The first-order chi connectivity index (χ1) is 11.0. The molecule has 6 nitrogen and oxygen atoms in total. The highest BCUT2D eigenvalue weighted by molar-refractivity contribution is 7.85. The lowest BCUT2D eigenvalue weighted by molar-refractivity contribution is 0.0950. The summed E-state index contributed by atoms with van der Waals surface area (Å²) in [4.78, 5) is 11.6. The molecule has 0 spiro atoms. The molecule has 0 saturated carbocycles. The van der Waals surface area contributed by atoms with Gasteiger partial charge >= 0.3 is 0 Å². The molecule has 1 aromatic carbocycles. The van der Waals surface area contributed by atoms with Gasteiger partial charge in [-0.25, -0.2) is 8.42 Å². The third-order valence-electron chi connectivity index (χ3n) is 3.44. The summed E-state index contributed by atoms with van der Waals surface area (Å²) in [6.45, 7) is 11.1. The second kappa shape index (κ2) is 8.75. The molecule has 8 heteroatoms. The molecule has 0 aromatic heterocycles. The Labute approximate surface area is 145 Å². The van der Waals surface area contributed by atoms with Crippen LogP contribution in [0.1, 0.15) is 17.3 Å². The van der Waals surface area contributed by atoms with Crippen LogP contribution in [-0.4, -0.2) is 46.6 Å². The number of hydrogen-bond donors (Lipinski definition) is 2. The van der Waals surface area contributed by atoms with Gasteiger partial charge in [0.05, 0.1) is 10.5 Å². The molecule has 0 aliphatic rings. The fourth-order valence-corrected chi connectivity index (χ4v) is 5.61. The summed E-state index contributed by atoms with van der Waals surface area (Å²) < 4.78 is 33.5. The maximum absolute atomic E-state index is 12.1. The van der Waals surface area contributed by atoms with Crippen LogP contribution in [-0.2, 0) is 10.1 Å². The van der Waals surface area contributed by atoms with Crippen molar-refractivity contribution in [1.82, 2.24) is 10.6 Å². The quantitative estimate of drug-likeness (QED) is 0.392. The minimum Gasteiger partial charge on any atom is -0.744 e. The Morgan fingerprint density at radius 2 is 1.83 bits per heavy atom. The molecule has 1 unspecified atom stereocenters. The molecule has 0 saturated heterocycles. The van der Waals surface area contributed by atoms with Gasteiger partial charge in [-0.2, -0.15) is 0 Å². The number of benzene rings is 1. The Bertz CT molecular complexity index is 656. The average Bonchev–Trinajstić information content (AvgIpc) is 2.44. The Balaban J connectivity index is 2.43. The number of nitrogens with one attached hydrogen (secondary N) is 2. The van der Waals surface area contributed by atoms with E-state index in [-0.39, 0.29) is 5.56 Å². The molecular formula is C16H27N2O4SSi-. The van der Waals surface area contributed by atoms with E-state index in [0.29, 0.717) is 19.0 Å². The van der Waals surface area contributed by atoms with Crippen molar-refractivity contribution in [1.29, 1.82) is 0 Å². The van der Waals surface area contributed by atoms with E-state index in [2.05, 4.69) is 37.2 Å². The summed E-state index contributed by atoms with van der Waals surface area (Å²) in [7, 11) is -5.74. The van der Waals surface area contributed by atoms with Crippen LogP contribution in [0, 0.1) is 5.92 Å². The molecule has 0 fully saturated rings. The van der Waals surface area contributed by atoms with Gasteiger partial charge in [-0.05, 0) is 24.6 Å². The molecule has 1 rings (SSSR count). The Morgan fingerprint density at radius 3 is 2.42 bits per heavy atom. The summed E-state index contributed by atoms with van der Waals surface area (Å²) in [6.07, 6.45) is 0. The van der Waals surface area contributed by atoms with Gasteiger partial charge in [0.2, 0.25) is 0 Å². The van der Waals surface area contributed by atoms with Crippen molar-refractivity contribution in [2.75, 3.05) is 19.6 Å². The first-order valence-corrected chi connectivity index (χ1v) is 13.2. The van der Waals surface area contributed by atoms with E-state index in [9.17, 15) is 17.8 Å². The predicted octanol–water partition coefficient (Wildman–Crippen LogP) is 1.88. The van der Waals surface area contributed by atoms with Crippen molar-refractivity contribution >= 4 is 24.1 Å². The zero-order chi connectivity index (χ0) is 18.4. The molecule has 0 aliphatic carbocycles. The van der Waals surface area contributed by atoms with Crippen LogP contribution in [0.5, 0.6) is 0 Å². The van der Waals surface area contributed by atoms with Crippen molar-refractivity contribution in [2.45, 2.75) is 37.5 Å². The van der Waals surface area contributed by atoms with Gasteiger partial charge in [-0.3, -0.25) is 4.79 Å². The van der Waals surface area contributed by atoms with Crippen molar-refractivity contribution < 1.29 is 17.8 Å². The Morgan fingerprint density at radius 1 is 1.21 bits per heavy atom. The van der Waals surface area contributed by atoms with Crippen LogP contribution in [0.15, 0.2) is 29.2 Å². The zero-order valence-corrected chi connectivity index (χ0v) is 16.6. The normalized spacial score (nSPS) is 13.5. The van der Waals surface area contributed by atoms with E-state index in [0.717, 1.165) is 12.6 Å². The highest BCUT2D eigenvalue weighted by atomic mass is 32.2. The average molecular weight is 372 g/mol. The summed E-state index contributed by atoms with van der Waals surface area (Å²) in [5.74, 6) is 0.0284. The van der Waals surface area contributed by atoms with Crippen molar-refractivity contribution in [3.63, 3.8) is 0 Å². The van der Waals surface area contributed by atoms with E-state index in [1.165, 1.54) is 24.2 Å². The van der Waals surface area contributed by atoms with E-state index in [4.69, 9.17) is 0 Å². The lowest BCUT2D eigenvalue weighted by Crippen LogP contribution is -2.35. The van der Waals surface area contributed by atoms with Gasteiger partial charge in [0.15, 0.2) is 0 Å². The van der Waals surface area contributed by atoms with Crippen LogP contribution in [0.2, 0.25) is 25.7 Å². The third-order valence-corrected chi connectivity index (χ3v) is 6.26. The maximum atomic E-state index is 12.1. The number of hydrogen-bond acceptors (Lipinski definition) is 5. The van der Waals surface area contributed by atoms with E-state index in [1.807, 2.05) is 0 Å². The first kappa shape index (κ1) is 20.8. The van der Waals surface area contributed by atoms with Gasteiger partial charge in [0, 0.05) is 21.2 Å². The number of carbonyl (C=O) groups is 1. The van der Waals surface area contributed by atoms with Crippen LogP contribution < -0.4 is 10.6 Å². The Kier molecular flexibility index (Phi) is 7.59. The SMILES string of the molecule is CC(CNCCNC(=O)c1ccccc1S(=O)(=O)[O-])C[Si](C)(C)C. The molecule has 1 atom stereocenters. The third kappa shape index (κ3) is 7.56. The van der Waals surface area contributed by atoms with Gasteiger partial charge in [0.1, 0.15) is 10.1 Å². The van der Waals surface area contributed by atoms with Crippen molar-refractivity contribution in [3.05, 3.63) is 29.8 Å². The highest BCUT2D eigenvalue weighted by Crippen LogP contribution is 2.16. The zero-order valence-electron chi connectivity index (χ0n) is 14.8. The van der Waals surface area contributed by atoms with Crippen LogP contribution in [0.3, 0.4) is 0 Å². The fourth-order valence-electron chi connectivity index (χ4n) is 2.70. The van der Waals surface area contributed by atoms with Crippen LogP contribution in [0.4, 0.5) is 0 Å². The molecule has 0 heterocycles. The van der Waals surface area contributed by atoms with Crippen LogP contribution >= 0.6 is 0 Å². The van der Waals surface area contributed by atoms with Gasteiger partial charge < -0.3 is 15.2 Å². The molecule has 0 aliphatic heterocycles. The second-order valence-electron chi connectivity index (χ2n) is 7.28. The van der Waals surface area contributed by atoms with Crippen LogP contribution in [0.25, 0.3) is 0 Å². The van der Waals surface area contributed by atoms with Crippen molar-refractivity contribution in [2.24, 2.45) is 5.92 Å². The molecule has 1 aromatic rings. The first-order valence-electron chi connectivity index (χ1n) is 8.04. The molecule has 0 bridgehead atoms. The number of rotatable bonds is 9. The molecule has 1 amide bonds. The summed E-state index contributed by atoms with van der Waals surface area (Å²) >= 11 is 0. The minimum atomic E-state index is -4.67. The van der Waals surface area contributed by atoms with E-state index >= 15 is 0 Å². The summed E-state index contributed by atoms with van der Waals surface area (Å²) in [5, 5.41) is 5.92. The maximum Gasteiger partial charge on any atom is 0.252 e. The molecule has 136 valence electrons. The second-order valence-corrected chi connectivity index (χ2v) is 14.2. The topological polar surface area (TPSA) is 98.3 Å². The summed E-state index contributed by atoms with van der Waals surface area (Å²) in [5.41, 5.74) is -0.111. The highest BCUT2D eigenvalue weighted by Gasteiger charge is 2.17. The monoisotopic (exact) mass is 371 g/mol. The lowest BCUT2D eigenvalue weighted by Gasteiger charge is -2.21. The van der Waals surface area contributed by atoms with Crippen molar-refractivity contribution in [3.8, 4) is 0 Å². The standard InChI is InChI=1S/C16H28N2O4SSi/c1-13(12-24(2,3)4)11-17-9-10-18-16(19)14-7-5-6-8-15(14)23(20,21)22/h5-8,13,17H,9-12H2,1-4H3,(H,18,19)(H,20,21,22)/p-1. The Hall–Kier alpha value is -1.22.